The summed E-state index contributed by atoms with van der Waals surface area (Å²) >= 11 is 0. The topological polar surface area (TPSA) is 107 Å². The average Bonchev–Trinajstić information content (AvgIpc) is 2.29. The molecular weight excluding hydrogens is 214 g/mol. The smallest absolute Gasteiger partial charge is 0.310 e. The summed E-state index contributed by atoms with van der Waals surface area (Å²) in [5.74, 6) is 4.61. The molecule has 1 rings (SSSR count). The molecule has 0 aliphatic heterocycles. The molecule has 0 atom stereocenters. The van der Waals surface area contributed by atoms with Crippen molar-refractivity contribution in [1.82, 2.24) is 5.43 Å². The highest BCUT2D eigenvalue weighted by Crippen LogP contribution is 2.25. The molecule has 0 bridgehead atoms. The molecule has 7 nitrogen and oxygen atoms in total. The minimum absolute atomic E-state index is 0.0356. The maximum absolute atomic E-state index is 10.8. The summed E-state index contributed by atoms with van der Waals surface area (Å²) in [6.45, 7) is 0.0356. The van der Waals surface area contributed by atoms with E-state index in [-0.39, 0.29) is 24.5 Å². The van der Waals surface area contributed by atoms with E-state index in [4.69, 9.17) is 10.6 Å². The summed E-state index contributed by atoms with van der Waals surface area (Å²) in [6, 6.07) is 5.96. The van der Waals surface area contributed by atoms with Crippen LogP contribution in [0.15, 0.2) is 24.3 Å². The number of ether oxygens (including phenoxy) is 1. The van der Waals surface area contributed by atoms with E-state index in [1.54, 1.807) is 6.07 Å². The SMILES string of the molecule is NNC(=O)CCOc1ccccc1[N+](=O)[O-]. The van der Waals surface area contributed by atoms with E-state index in [1.165, 1.54) is 18.2 Å². The number of benzene rings is 1. The summed E-state index contributed by atoms with van der Waals surface area (Å²) in [5.41, 5.74) is 1.81. The number of nitro groups is 1. The molecule has 1 amide bonds. The molecular formula is C9H11N3O4. The van der Waals surface area contributed by atoms with E-state index in [1.807, 2.05) is 5.43 Å². The lowest BCUT2D eigenvalue weighted by Gasteiger charge is -2.05. The van der Waals surface area contributed by atoms with Crippen LogP contribution in [0, 0.1) is 10.1 Å². The standard InChI is InChI=1S/C9H11N3O4/c10-11-9(13)5-6-16-8-4-2-1-3-7(8)12(14)15/h1-4H,5-6,10H2,(H,11,13). The zero-order valence-corrected chi connectivity index (χ0v) is 8.38. The predicted molar refractivity (Wildman–Crippen MR) is 55.5 cm³/mol. The highest BCUT2D eigenvalue weighted by molar-refractivity contribution is 5.75. The van der Waals surface area contributed by atoms with Gasteiger partial charge in [0.05, 0.1) is 18.0 Å². The number of carbonyl (C=O) groups excluding carboxylic acids is 1. The fourth-order valence-corrected chi connectivity index (χ4v) is 1.06. The van der Waals surface area contributed by atoms with E-state index < -0.39 is 10.8 Å². The van der Waals surface area contributed by atoms with Crippen molar-refractivity contribution in [3.63, 3.8) is 0 Å². The van der Waals surface area contributed by atoms with Gasteiger partial charge in [-0.15, -0.1) is 0 Å². The first kappa shape index (κ1) is 11.9. The Hall–Kier alpha value is -2.15. The summed E-state index contributed by atoms with van der Waals surface area (Å²) in [5, 5.41) is 10.6. The van der Waals surface area contributed by atoms with Crippen LogP contribution in [-0.2, 0) is 4.79 Å². The fourth-order valence-electron chi connectivity index (χ4n) is 1.06. The number of hydrogen-bond donors (Lipinski definition) is 2. The number of nitrogens with zero attached hydrogens (tertiary/aromatic N) is 1. The number of amides is 1. The third-order valence-corrected chi connectivity index (χ3v) is 1.81. The molecule has 0 fully saturated rings. The van der Waals surface area contributed by atoms with Crippen molar-refractivity contribution in [2.75, 3.05) is 6.61 Å². The molecule has 3 N–H and O–H groups in total. The quantitative estimate of drug-likeness (QED) is 0.325. The van der Waals surface area contributed by atoms with Gasteiger partial charge in [0.1, 0.15) is 0 Å². The first-order chi connectivity index (χ1) is 7.65. The lowest BCUT2D eigenvalue weighted by molar-refractivity contribution is -0.385. The zero-order chi connectivity index (χ0) is 12.0. The van der Waals surface area contributed by atoms with Crippen molar-refractivity contribution in [2.45, 2.75) is 6.42 Å². The Kier molecular flexibility index (Phi) is 4.22. The third kappa shape index (κ3) is 3.21. The van der Waals surface area contributed by atoms with Gasteiger partial charge in [0.25, 0.3) is 0 Å². The van der Waals surface area contributed by atoms with E-state index in [0.29, 0.717) is 0 Å². The normalized spacial score (nSPS) is 9.56. The Bertz CT molecular complexity index is 394. The van der Waals surface area contributed by atoms with E-state index >= 15 is 0 Å². The second kappa shape index (κ2) is 5.66. The minimum atomic E-state index is -0.543. The molecule has 0 saturated carbocycles. The molecule has 0 spiro atoms. The molecule has 1 aromatic rings. The lowest BCUT2D eigenvalue weighted by Crippen LogP contribution is -2.31. The number of para-hydroxylation sites is 2. The maximum atomic E-state index is 10.8. The number of nitrogens with two attached hydrogens (primary N) is 1. The molecule has 0 aromatic heterocycles. The molecule has 16 heavy (non-hydrogen) atoms. The summed E-state index contributed by atoms with van der Waals surface area (Å²) in [6.07, 6.45) is 0.0442. The van der Waals surface area contributed by atoms with Crippen LogP contribution < -0.4 is 16.0 Å². The summed E-state index contributed by atoms with van der Waals surface area (Å²) in [7, 11) is 0. The van der Waals surface area contributed by atoms with E-state index in [0.717, 1.165) is 0 Å². The number of hydrogen-bond acceptors (Lipinski definition) is 5. The first-order valence-electron chi connectivity index (χ1n) is 4.51. The van der Waals surface area contributed by atoms with Crippen LogP contribution in [0.25, 0.3) is 0 Å². The third-order valence-electron chi connectivity index (χ3n) is 1.81. The van der Waals surface area contributed by atoms with Gasteiger partial charge in [-0.1, -0.05) is 12.1 Å². The Balaban J connectivity index is 2.60. The molecule has 0 heterocycles. The minimum Gasteiger partial charge on any atom is -0.486 e. The maximum Gasteiger partial charge on any atom is 0.310 e. The van der Waals surface area contributed by atoms with Gasteiger partial charge in [-0.05, 0) is 6.07 Å². The molecule has 0 aliphatic carbocycles. The van der Waals surface area contributed by atoms with Crippen LogP contribution in [0.5, 0.6) is 5.75 Å². The molecule has 0 unspecified atom stereocenters. The van der Waals surface area contributed by atoms with Crippen LogP contribution in [0.3, 0.4) is 0 Å². The number of nitro benzene ring substituents is 1. The summed E-state index contributed by atoms with van der Waals surface area (Å²) < 4.78 is 5.11. The van der Waals surface area contributed by atoms with Crippen LogP contribution in [0.4, 0.5) is 5.69 Å². The second-order valence-electron chi connectivity index (χ2n) is 2.89. The van der Waals surface area contributed by atoms with Gasteiger partial charge < -0.3 is 4.74 Å². The Labute approximate surface area is 91.3 Å². The van der Waals surface area contributed by atoms with E-state index in [9.17, 15) is 14.9 Å². The fraction of sp³-hybridized carbons (Fsp3) is 0.222. The molecule has 7 heteroatoms. The van der Waals surface area contributed by atoms with Gasteiger partial charge in [0, 0.05) is 6.07 Å². The highest BCUT2D eigenvalue weighted by atomic mass is 16.6. The molecule has 0 radical (unpaired) electrons. The number of carbonyl (C=O) groups is 1. The van der Waals surface area contributed by atoms with Crippen LogP contribution in [0.1, 0.15) is 6.42 Å². The van der Waals surface area contributed by atoms with Crippen LogP contribution in [0.2, 0.25) is 0 Å². The molecule has 1 aromatic carbocycles. The van der Waals surface area contributed by atoms with Crippen molar-refractivity contribution >= 4 is 11.6 Å². The molecule has 86 valence electrons. The lowest BCUT2D eigenvalue weighted by atomic mass is 10.3. The predicted octanol–water partition coefficient (Wildman–Crippen LogP) is 0.354. The highest BCUT2D eigenvalue weighted by Gasteiger charge is 2.13. The number of hydrazine groups is 1. The van der Waals surface area contributed by atoms with Gasteiger partial charge in [-0.25, -0.2) is 5.84 Å². The zero-order valence-electron chi connectivity index (χ0n) is 8.38. The van der Waals surface area contributed by atoms with Crippen LogP contribution >= 0.6 is 0 Å². The summed E-state index contributed by atoms with van der Waals surface area (Å²) in [4.78, 5) is 20.8. The first-order valence-corrected chi connectivity index (χ1v) is 4.51. The van der Waals surface area contributed by atoms with Gasteiger partial charge >= 0.3 is 5.69 Å². The van der Waals surface area contributed by atoms with Gasteiger partial charge in [-0.3, -0.25) is 20.3 Å². The van der Waals surface area contributed by atoms with Gasteiger partial charge in [-0.2, -0.15) is 0 Å². The van der Waals surface area contributed by atoms with Gasteiger partial charge in [0.15, 0.2) is 5.75 Å². The van der Waals surface area contributed by atoms with Crippen molar-refractivity contribution < 1.29 is 14.5 Å². The Morgan fingerprint density at radius 3 is 2.81 bits per heavy atom. The van der Waals surface area contributed by atoms with Crippen molar-refractivity contribution in [3.8, 4) is 5.75 Å². The van der Waals surface area contributed by atoms with Gasteiger partial charge in [0.2, 0.25) is 5.91 Å². The van der Waals surface area contributed by atoms with Crippen molar-refractivity contribution in [1.29, 1.82) is 0 Å². The van der Waals surface area contributed by atoms with Crippen molar-refractivity contribution in [2.24, 2.45) is 5.84 Å². The number of nitrogens with one attached hydrogen (secondary N) is 1. The van der Waals surface area contributed by atoms with Crippen molar-refractivity contribution in [3.05, 3.63) is 34.4 Å². The Morgan fingerprint density at radius 2 is 2.19 bits per heavy atom. The van der Waals surface area contributed by atoms with Crippen LogP contribution in [-0.4, -0.2) is 17.4 Å². The molecule has 0 aliphatic rings. The average molecular weight is 225 g/mol. The second-order valence-corrected chi connectivity index (χ2v) is 2.89. The number of rotatable bonds is 5. The molecule has 0 saturated heterocycles. The Morgan fingerprint density at radius 1 is 1.50 bits per heavy atom. The largest absolute Gasteiger partial charge is 0.486 e. The monoisotopic (exact) mass is 225 g/mol. The van der Waals surface area contributed by atoms with E-state index in [2.05, 4.69) is 0 Å².